The zero-order valence-corrected chi connectivity index (χ0v) is 10.2. The number of nitrogens with zero attached hydrogens (tertiary/aromatic N) is 2. The number of anilines is 1. The quantitative estimate of drug-likeness (QED) is 0.908. The van der Waals surface area contributed by atoms with Gasteiger partial charge in [0.1, 0.15) is 5.82 Å². The molecular formula is C12H9ClFN3O. The van der Waals surface area contributed by atoms with Crippen LogP contribution in [0, 0.1) is 12.7 Å². The molecule has 4 nitrogen and oxygen atoms in total. The molecule has 0 saturated heterocycles. The van der Waals surface area contributed by atoms with Crippen molar-refractivity contribution < 1.29 is 9.18 Å². The van der Waals surface area contributed by atoms with Gasteiger partial charge >= 0.3 is 0 Å². The van der Waals surface area contributed by atoms with Gasteiger partial charge in [-0.15, -0.1) is 0 Å². The lowest BCUT2D eigenvalue weighted by molar-refractivity contribution is 0.102. The fraction of sp³-hybridized carbons (Fsp3) is 0.0833. The van der Waals surface area contributed by atoms with E-state index in [0.29, 0.717) is 11.1 Å². The van der Waals surface area contributed by atoms with Gasteiger partial charge in [0.2, 0.25) is 0 Å². The lowest BCUT2D eigenvalue weighted by atomic mass is 10.1. The fourth-order valence-corrected chi connectivity index (χ4v) is 1.52. The van der Waals surface area contributed by atoms with Gasteiger partial charge in [0.15, 0.2) is 11.0 Å². The molecule has 1 heterocycles. The number of amides is 1. The summed E-state index contributed by atoms with van der Waals surface area (Å²) in [5.74, 6) is -0.601. The number of halogens is 2. The van der Waals surface area contributed by atoms with Gasteiger partial charge in [-0.2, -0.15) is 0 Å². The van der Waals surface area contributed by atoms with E-state index in [0.717, 1.165) is 0 Å². The Morgan fingerprint density at radius 2 is 2.06 bits per heavy atom. The van der Waals surface area contributed by atoms with Gasteiger partial charge in [0.25, 0.3) is 5.91 Å². The van der Waals surface area contributed by atoms with Gasteiger partial charge in [0.05, 0.1) is 0 Å². The van der Waals surface area contributed by atoms with E-state index in [1.807, 2.05) is 0 Å². The van der Waals surface area contributed by atoms with Crippen LogP contribution in [0.15, 0.2) is 30.6 Å². The first-order valence-electron chi connectivity index (χ1n) is 5.12. The predicted octanol–water partition coefficient (Wildman–Crippen LogP) is 2.83. The highest BCUT2D eigenvalue weighted by Gasteiger charge is 2.11. The lowest BCUT2D eigenvalue weighted by Crippen LogP contribution is -2.14. The molecule has 6 heteroatoms. The second-order valence-electron chi connectivity index (χ2n) is 3.61. The zero-order valence-electron chi connectivity index (χ0n) is 9.45. The van der Waals surface area contributed by atoms with Crippen molar-refractivity contribution in [3.8, 4) is 0 Å². The molecule has 92 valence electrons. The number of nitrogens with one attached hydrogen (secondary N) is 1. The van der Waals surface area contributed by atoms with Crippen LogP contribution in [0.2, 0.25) is 5.15 Å². The van der Waals surface area contributed by atoms with Crippen molar-refractivity contribution >= 4 is 23.3 Å². The topological polar surface area (TPSA) is 54.9 Å². The first-order valence-corrected chi connectivity index (χ1v) is 5.50. The van der Waals surface area contributed by atoms with Crippen LogP contribution in [0.1, 0.15) is 15.9 Å². The molecule has 1 aromatic carbocycles. The number of hydrogen-bond acceptors (Lipinski definition) is 3. The lowest BCUT2D eigenvalue weighted by Gasteiger charge is -2.06. The van der Waals surface area contributed by atoms with Crippen molar-refractivity contribution in [2.75, 3.05) is 5.32 Å². The Labute approximate surface area is 108 Å². The molecule has 0 aliphatic carbocycles. The maximum atomic E-state index is 13.1. The average molecular weight is 266 g/mol. The first kappa shape index (κ1) is 12.4. The third-order valence-electron chi connectivity index (χ3n) is 2.31. The summed E-state index contributed by atoms with van der Waals surface area (Å²) in [5.41, 5.74) is 0.725. The standard InChI is InChI=1S/C12H9ClFN3O/c1-7-6-8(2-3-9(7)14)12(18)17-11-10(13)15-4-5-16-11/h2-6H,1H3,(H,16,17,18). The zero-order chi connectivity index (χ0) is 13.1. The highest BCUT2D eigenvalue weighted by atomic mass is 35.5. The minimum atomic E-state index is -0.416. The van der Waals surface area contributed by atoms with E-state index in [1.165, 1.54) is 30.6 Å². The molecule has 0 saturated carbocycles. The molecule has 0 aliphatic heterocycles. The maximum absolute atomic E-state index is 13.1. The van der Waals surface area contributed by atoms with Crippen LogP contribution in [-0.2, 0) is 0 Å². The van der Waals surface area contributed by atoms with E-state index in [2.05, 4.69) is 15.3 Å². The van der Waals surface area contributed by atoms with Gasteiger partial charge in [0, 0.05) is 18.0 Å². The molecule has 1 aromatic heterocycles. The summed E-state index contributed by atoms with van der Waals surface area (Å²) in [6.07, 6.45) is 2.83. The van der Waals surface area contributed by atoms with Crippen molar-refractivity contribution in [1.29, 1.82) is 0 Å². The molecular weight excluding hydrogens is 257 g/mol. The van der Waals surface area contributed by atoms with Crippen molar-refractivity contribution in [2.24, 2.45) is 0 Å². The molecule has 1 amide bonds. The number of aromatic nitrogens is 2. The summed E-state index contributed by atoms with van der Waals surface area (Å²) in [5, 5.41) is 2.61. The van der Waals surface area contributed by atoms with E-state index < -0.39 is 5.91 Å². The molecule has 2 aromatic rings. The molecule has 18 heavy (non-hydrogen) atoms. The van der Waals surface area contributed by atoms with E-state index in [-0.39, 0.29) is 16.8 Å². The number of benzene rings is 1. The number of hydrogen-bond donors (Lipinski definition) is 1. The predicted molar refractivity (Wildman–Crippen MR) is 66.1 cm³/mol. The maximum Gasteiger partial charge on any atom is 0.256 e. The minimum Gasteiger partial charge on any atom is -0.304 e. The van der Waals surface area contributed by atoms with Crippen molar-refractivity contribution in [1.82, 2.24) is 9.97 Å². The Bertz CT molecular complexity index is 604. The average Bonchev–Trinajstić information content (AvgIpc) is 2.35. The Morgan fingerprint density at radius 3 is 2.72 bits per heavy atom. The Balaban J connectivity index is 2.22. The van der Waals surface area contributed by atoms with Gasteiger partial charge in [-0.3, -0.25) is 4.79 Å². The van der Waals surface area contributed by atoms with Crippen LogP contribution >= 0.6 is 11.6 Å². The minimum absolute atomic E-state index is 0.102. The Hall–Kier alpha value is -2.01. The van der Waals surface area contributed by atoms with E-state index in [4.69, 9.17) is 11.6 Å². The molecule has 0 aliphatic rings. The summed E-state index contributed by atoms with van der Waals surface area (Å²) in [4.78, 5) is 19.5. The fourth-order valence-electron chi connectivity index (χ4n) is 1.37. The largest absolute Gasteiger partial charge is 0.304 e. The van der Waals surface area contributed by atoms with Crippen molar-refractivity contribution in [3.63, 3.8) is 0 Å². The van der Waals surface area contributed by atoms with E-state index in [9.17, 15) is 9.18 Å². The van der Waals surface area contributed by atoms with Crippen LogP contribution in [0.3, 0.4) is 0 Å². The van der Waals surface area contributed by atoms with Crippen LogP contribution in [0.5, 0.6) is 0 Å². The summed E-state index contributed by atoms with van der Waals surface area (Å²) < 4.78 is 13.1. The smallest absolute Gasteiger partial charge is 0.256 e. The van der Waals surface area contributed by atoms with Crippen LogP contribution in [-0.4, -0.2) is 15.9 Å². The Morgan fingerprint density at radius 1 is 1.33 bits per heavy atom. The molecule has 0 bridgehead atoms. The second-order valence-corrected chi connectivity index (χ2v) is 3.97. The number of carbonyl (C=O) groups excluding carboxylic acids is 1. The number of aryl methyl sites for hydroxylation is 1. The molecule has 0 atom stereocenters. The number of carbonyl (C=O) groups is 1. The van der Waals surface area contributed by atoms with Crippen LogP contribution < -0.4 is 5.32 Å². The van der Waals surface area contributed by atoms with Gasteiger partial charge in [-0.05, 0) is 30.7 Å². The normalized spacial score (nSPS) is 10.2. The summed E-state index contributed by atoms with van der Waals surface area (Å²) in [7, 11) is 0. The molecule has 2 rings (SSSR count). The number of rotatable bonds is 2. The third-order valence-corrected chi connectivity index (χ3v) is 2.58. The third kappa shape index (κ3) is 2.62. The second kappa shape index (κ2) is 5.10. The van der Waals surface area contributed by atoms with Crippen LogP contribution in [0.4, 0.5) is 10.2 Å². The van der Waals surface area contributed by atoms with Gasteiger partial charge < -0.3 is 5.32 Å². The Kier molecular flexibility index (Phi) is 3.53. The van der Waals surface area contributed by atoms with E-state index in [1.54, 1.807) is 6.92 Å². The van der Waals surface area contributed by atoms with Crippen molar-refractivity contribution in [2.45, 2.75) is 6.92 Å². The summed E-state index contributed by atoms with van der Waals surface area (Å²) in [6.45, 7) is 1.58. The molecule has 1 N–H and O–H groups in total. The summed E-state index contributed by atoms with van der Waals surface area (Å²) in [6, 6.07) is 4.08. The molecule has 0 unspecified atom stereocenters. The SMILES string of the molecule is Cc1cc(C(=O)Nc2nccnc2Cl)ccc1F. The van der Waals surface area contributed by atoms with Gasteiger partial charge in [-0.1, -0.05) is 11.6 Å². The highest BCUT2D eigenvalue weighted by molar-refractivity contribution is 6.32. The molecule has 0 fully saturated rings. The first-order chi connectivity index (χ1) is 8.58. The molecule has 0 spiro atoms. The van der Waals surface area contributed by atoms with E-state index >= 15 is 0 Å². The highest BCUT2D eigenvalue weighted by Crippen LogP contribution is 2.16. The van der Waals surface area contributed by atoms with Crippen molar-refractivity contribution in [3.05, 3.63) is 52.7 Å². The summed E-state index contributed by atoms with van der Waals surface area (Å²) >= 11 is 5.76. The van der Waals surface area contributed by atoms with Gasteiger partial charge in [-0.25, -0.2) is 14.4 Å². The molecule has 0 radical (unpaired) electrons. The monoisotopic (exact) mass is 265 g/mol. The van der Waals surface area contributed by atoms with Crippen LogP contribution in [0.25, 0.3) is 0 Å².